The molecule has 0 atom stereocenters. The Morgan fingerprint density at radius 2 is 1.81 bits per heavy atom. The monoisotopic (exact) mass is 343 g/mol. The number of nitrogen functional groups attached to an aromatic ring is 1. The predicted octanol–water partition coefficient (Wildman–Crippen LogP) is 2.57. The second-order valence-electron chi connectivity index (χ2n) is 5.69. The summed E-state index contributed by atoms with van der Waals surface area (Å²) >= 11 is 0. The van der Waals surface area contributed by atoms with E-state index in [9.17, 15) is 4.79 Å². The van der Waals surface area contributed by atoms with Crippen LogP contribution in [0, 0.1) is 11.3 Å². The minimum Gasteiger partial charge on any atom is -0.399 e. The van der Waals surface area contributed by atoms with Crippen LogP contribution >= 0.6 is 0 Å². The minimum atomic E-state index is -0.273. The molecule has 2 aromatic carbocycles. The number of carbonyl (C=O) groups excluding carboxylic acids is 1. The molecule has 6 heteroatoms. The van der Waals surface area contributed by atoms with E-state index < -0.39 is 0 Å². The van der Waals surface area contributed by atoms with E-state index in [1.54, 1.807) is 18.3 Å². The first kappa shape index (κ1) is 17.1. The molecule has 128 valence electrons. The number of nitrogens with two attached hydrogens (primary N) is 1. The summed E-state index contributed by atoms with van der Waals surface area (Å²) in [6, 6.07) is 18.4. The third kappa shape index (κ3) is 4.22. The Morgan fingerprint density at radius 1 is 1.08 bits per heavy atom. The van der Waals surface area contributed by atoms with Crippen molar-refractivity contribution in [2.24, 2.45) is 0 Å². The van der Waals surface area contributed by atoms with Crippen molar-refractivity contribution in [2.45, 2.75) is 6.42 Å². The Morgan fingerprint density at radius 3 is 2.50 bits per heavy atom. The van der Waals surface area contributed by atoms with Crippen molar-refractivity contribution < 1.29 is 4.79 Å². The molecule has 6 nitrogen and oxygen atoms in total. The largest absolute Gasteiger partial charge is 0.399 e. The van der Waals surface area contributed by atoms with Crippen LogP contribution in [0.1, 0.15) is 21.7 Å². The van der Waals surface area contributed by atoms with Gasteiger partial charge in [-0.3, -0.25) is 4.79 Å². The summed E-state index contributed by atoms with van der Waals surface area (Å²) in [5.74, 6) is 0.438. The molecule has 0 unspecified atom stereocenters. The zero-order valence-electron chi connectivity index (χ0n) is 14.0. The van der Waals surface area contributed by atoms with E-state index in [0.717, 1.165) is 22.5 Å². The summed E-state index contributed by atoms with van der Waals surface area (Å²) in [7, 11) is 0. The Hall–Kier alpha value is -3.72. The molecule has 0 bridgehead atoms. The van der Waals surface area contributed by atoms with Crippen LogP contribution in [0.15, 0.2) is 60.8 Å². The number of carbonyl (C=O) groups is 1. The number of aromatic nitrogens is 2. The number of anilines is 1. The molecule has 0 saturated heterocycles. The molecule has 0 aliphatic rings. The Bertz CT molecular complexity index is 943. The molecular formula is C20H17N5O. The minimum absolute atomic E-state index is 0.0129. The Kier molecular flexibility index (Phi) is 5.20. The number of nitrogens with zero attached hydrogens (tertiary/aromatic N) is 3. The zero-order valence-corrected chi connectivity index (χ0v) is 14.0. The van der Waals surface area contributed by atoms with Crippen LogP contribution in [0.3, 0.4) is 0 Å². The van der Waals surface area contributed by atoms with Crippen LogP contribution in [0.5, 0.6) is 0 Å². The highest BCUT2D eigenvalue weighted by molar-refractivity contribution is 5.94. The average Bonchev–Trinajstić information content (AvgIpc) is 2.68. The lowest BCUT2D eigenvalue weighted by atomic mass is 10.1. The first-order chi connectivity index (χ1) is 12.7. The number of amides is 1. The van der Waals surface area contributed by atoms with Crippen LogP contribution in [0.25, 0.3) is 11.3 Å². The quantitative estimate of drug-likeness (QED) is 0.547. The van der Waals surface area contributed by atoms with E-state index in [4.69, 9.17) is 11.0 Å². The molecule has 26 heavy (non-hydrogen) atoms. The molecule has 0 saturated carbocycles. The van der Waals surface area contributed by atoms with Crippen molar-refractivity contribution in [3.05, 3.63) is 77.7 Å². The van der Waals surface area contributed by atoms with Gasteiger partial charge in [-0.1, -0.05) is 24.3 Å². The van der Waals surface area contributed by atoms with Crippen molar-refractivity contribution in [3.63, 3.8) is 0 Å². The van der Waals surface area contributed by atoms with Gasteiger partial charge >= 0.3 is 0 Å². The maximum Gasteiger partial charge on any atom is 0.252 e. The predicted molar refractivity (Wildman–Crippen MR) is 99.1 cm³/mol. The Balaban J connectivity index is 1.76. The molecule has 1 aromatic heterocycles. The SMILES string of the molecule is N#CCNC(=O)c1ccc(-c2ccnc(Cc3ccc(N)cc3)n2)cc1. The molecule has 3 N–H and O–H groups in total. The van der Waals surface area contributed by atoms with Crippen LogP contribution in [-0.2, 0) is 6.42 Å². The highest BCUT2D eigenvalue weighted by Gasteiger charge is 2.07. The van der Waals surface area contributed by atoms with Gasteiger partial charge in [0.25, 0.3) is 5.91 Å². The number of hydrogen-bond donors (Lipinski definition) is 2. The van der Waals surface area contributed by atoms with E-state index >= 15 is 0 Å². The van der Waals surface area contributed by atoms with E-state index in [0.29, 0.717) is 17.8 Å². The van der Waals surface area contributed by atoms with Gasteiger partial charge in [0, 0.05) is 29.4 Å². The fraction of sp³-hybridized carbons (Fsp3) is 0.100. The maximum atomic E-state index is 11.8. The lowest BCUT2D eigenvalue weighted by Crippen LogP contribution is -2.23. The number of benzene rings is 2. The normalized spacial score (nSPS) is 10.1. The third-order valence-corrected chi connectivity index (χ3v) is 3.82. The third-order valence-electron chi connectivity index (χ3n) is 3.82. The van der Waals surface area contributed by atoms with Gasteiger partial charge < -0.3 is 11.1 Å². The average molecular weight is 343 g/mol. The Labute approximate surface area is 151 Å². The van der Waals surface area contributed by atoms with Crippen LogP contribution in [-0.4, -0.2) is 22.4 Å². The van der Waals surface area contributed by atoms with E-state index in [1.807, 2.05) is 48.5 Å². The van der Waals surface area contributed by atoms with E-state index in [1.165, 1.54) is 0 Å². The summed E-state index contributed by atoms with van der Waals surface area (Å²) in [6.45, 7) is -0.0129. The number of nitriles is 1. The molecule has 0 spiro atoms. The second kappa shape index (κ2) is 7.90. The molecule has 0 aliphatic carbocycles. The number of rotatable bonds is 5. The van der Waals surface area contributed by atoms with Gasteiger partial charge in [-0.25, -0.2) is 9.97 Å². The van der Waals surface area contributed by atoms with Gasteiger partial charge in [-0.05, 0) is 35.9 Å². The molecular weight excluding hydrogens is 326 g/mol. The topological polar surface area (TPSA) is 105 Å². The van der Waals surface area contributed by atoms with Gasteiger partial charge in [0.05, 0.1) is 11.8 Å². The van der Waals surface area contributed by atoms with Gasteiger partial charge in [0.1, 0.15) is 12.4 Å². The molecule has 1 heterocycles. The number of hydrogen-bond acceptors (Lipinski definition) is 5. The van der Waals surface area contributed by atoms with Crippen LogP contribution in [0.4, 0.5) is 5.69 Å². The van der Waals surface area contributed by atoms with Crippen molar-refractivity contribution in [1.82, 2.24) is 15.3 Å². The van der Waals surface area contributed by atoms with Crippen LogP contribution < -0.4 is 11.1 Å². The molecule has 0 fully saturated rings. The summed E-state index contributed by atoms with van der Waals surface area (Å²) < 4.78 is 0. The summed E-state index contributed by atoms with van der Waals surface area (Å²) in [4.78, 5) is 20.8. The molecule has 0 radical (unpaired) electrons. The van der Waals surface area contributed by atoms with Gasteiger partial charge in [-0.15, -0.1) is 0 Å². The van der Waals surface area contributed by atoms with Gasteiger partial charge in [0.2, 0.25) is 0 Å². The highest BCUT2D eigenvalue weighted by atomic mass is 16.1. The highest BCUT2D eigenvalue weighted by Crippen LogP contribution is 2.18. The first-order valence-corrected chi connectivity index (χ1v) is 8.07. The lowest BCUT2D eigenvalue weighted by Gasteiger charge is -2.06. The summed E-state index contributed by atoms with van der Waals surface area (Å²) in [5, 5.41) is 11.0. The van der Waals surface area contributed by atoms with Gasteiger partial charge in [-0.2, -0.15) is 5.26 Å². The summed E-state index contributed by atoms with van der Waals surface area (Å²) in [6.07, 6.45) is 2.34. The van der Waals surface area contributed by atoms with Crippen LogP contribution in [0.2, 0.25) is 0 Å². The fourth-order valence-corrected chi connectivity index (χ4v) is 2.48. The first-order valence-electron chi connectivity index (χ1n) is 8.07. The smallest absolute Gasteiger partial charge is 0.252 e. The van der Waals surface area contributed by atoms with Crippen molar-refractivity contribution >= 4 is 11.6 Å². The molecule has 3 rings (SSSR count). The fourth-order valence-electron chi connectivity index (χ4n) is 2.48. The molecule has 1 amide bonds. The van der Waals surface area contributed by atoms with E-state index in [-0.39, 0.29) is 12.5 Å². The van der Waals surface area contributed by atoms with Crippen molar-refractivity contribution in [3.8, 4) is 17.3 Å². The maximum absolute atomic E-state index is 11.8. The van der Waals surface area contributed by atoms with Crippen molar-refractivity contribution in [2.75, 3.05) is 12.3 Å². The second-order valence-corrected chi connectivity index (χ2v) is 5.69. The van der Waals surface area contributed by atoms with E-state index in [2.05, 4.69) is 15.3 Å². The standard InChI is InChI=1S/C20H17N5O/c21-10-12-24-20(26)16-5-3-15(4-6-16)18-9-11-23-19(25-18)13-14-1-7-17(22)8-2-14/h1-9,11H,12-13,22H2,(H,24,26). The molecule has 3 aromatic rings. The number of nitrogens with one attached hydrogen (secondary N) is 1. The van der Waals surface area contributed by atoms with Gasteiger partial charge in [0.15, 0.2) is 0 Å². The zero-order chi connectivity index (χ0) is 18.4. The van der Waals surface area contributed by atoms with Crippen molar-refractivity contribution in [1.29, 1.82) is 5.26 Å². The summed E-state index contributed by atoms with van der Waals surface area (Å²) in [5.41, 5.74) is 9.69. The lowest BCUT2D eigenvalue weighted by molar-refractivity contribution is 0.0958. The molecule has 0 aliphatic heterocycles.